The summed E-state index contributed by atoms with van der Waals surface area (Å²) in [6.45, 7) is 3.85. The molecule has 0 radical (unpaired) electrons. The highest BCUT2D eigenvalue weighted by atomic mass is 16.5. The lowest BCUT2D eigenvalue weighted by atomic mass is 9.60. The molecule has 0 fully saturated rings. The van der Waals surface area contributed by atoms with E-state index < -0.39 is 6.85 Å². The third kappa shape index (κ3) is 3.96. The van der Waals surface area contributed by atoms with E-state index in [9.17, 15) is 0 Å². The predicted octanol–water partition coefficient (Wildman–Crippen LogP) is 7.76. The fourth-order valence-corrected chi connectivity index (χ4v) is 6.70. The number of para-hydroxylation sites is 1. The summed E-state index contributed by atoms with van der Waals surface area (Å²) in [5, 5.41) is 2.08. The van der Waals surface area contributed by atoms with Gasteiger partial charge in [0.25, 0.3) is 0 Å². The Morgan fingerprint density at radius 2 is 1.52 bits per heavy atom. The van der Waals surface area contributed by atoms with Crippen molar-refractivity contribution in [1.29, 1.82) is 0 Å². The maximum absolute atomic E-state index is 8.08. The summed E-state index contributed by atoms with van der Waals surface area (Å²) in [5.41, 5.74) is 8.58. The molecule has 44 heavy (non-hydrogen) atoms. The summed E-state index contributed by atoms with van der Waals surface area (Å²) in [4.78, 5) is 11.8. The smallest absolute Gasteiger partial charge is 0.417 e. The van der Waals surface area contributed by atoms with E-state index in [0.29, 0.717) is 22.9 Å². The number of hydrogen-bond acceptors (Lipinski definition) is 4. The first-order chi connectivity index (χ1) is 22.6. The van der Waals surface area contributed by atoms with Gasteiger partial charge < -0.3 is 14.0 Å². The molecule has 0 atom stereocenters. The maximum atomic E-state index is 8.08. The van der Waals surface area contributed by atoms with Crippen LogP contribution in [0.4, 0.5) is 5.69 Å². The SMILES string of the molecule is [2H]C([2H])([2H])c1cc(-n2c3ccccc3c3ccc(Oc4ccc5c(c4)-c4nccn4B(c4c(C)cccc4C)N5C)cc32)ncc1C. The molecule has 0 N–H and O–H groups in total. The second kappa shape index (κ2) is 9.88. The van der Waals surface area contributed by atoms with Gasteiger partial charge in [0.05, 0.1) is 11.0 Å². The minimum Gasteiger partial charge on any atom is -0.457 e. The molecule has 0 amide bonds. The van der Waals surface area contributed by atoms with Crippen molar-refractivity contribution in [3.8, 4) is 28.7 Å². The highest BCUT2D eigenvalue weighted by Crippen LogP contribution is 2.40. The first-order valence-electron chi connectivity index (χ1n) is 16.2. The van der Waals surface area contributed by atoms with E-state index in [2.05, 4.69) is 77.6 Å². The van der Waals surface area contributed by atoms with Gasteiger partial charge in [0, 0.05) is 50.8 Å². The molecule has 0 saturated carbocycles. The number of ether oxygens (including phenoxy) is 1. The molecule has 4 aromatic carbocycles. The van der Waals surface area contributed by atoms with Crippen LogP contribution in [0, 0.1) is 27.6 Å². The summed E-state index contributed by atoms with van der Waals surface area (Å²) < 4.78 is 35.0. The van der Waals surface area contributed by atoms with Crippen molar-refractivity contribution in [3.05, 3.63) is 126 Å². The Morgan fingerprint density at radius 1 is 0.750 bits per heavy atom. The van der Waals surface area contributed by atoms with Crippen molar-refractivity contribution in [2.45, 2.75) is 27.6 Å². The van der Waals surface area contributed by atoms with E-state index in [-0.39, 0.29) is 12.5 Å². The van der Waals surface area contributed by atoms with Crippen LogP contribution in [-0.2, 0) is 0 Å². The molecule has 1 aliphatic rings. The van der Waals surface area contributed by atoms with Crippen molar-refractivity contribution >= 4 is 39.9 Å². The van der Waals surface area contributed by atoms with Crippen molar-refractivity contribution in [2.75, 3.05) is 11.9 Å². The number of aromatic nitrogens is 4. The van der Waals surface area contributed by atoms with Gasteiger partial charge in [-0.3, -0.25) is 4.57 Å². The first-order valence-corrected chi connectivity index (χ1v) is 14.7. The van der Waals surface area contributed by atoms with Gasteiger partial charge in [-0.05, 0) is 93.7 Å². The number of anilines is 1. The van der Waals surface area contributed by atoms with Crippen molar-refractivity contribution in [3.63, 3.8) is 0 Å². The highest BCUT2D eigenvalue weighted by molar-refractivity contribution is 6.77. The van der Waals surface area contributed by atoms with Crippen LogP contribution < -0.4 is 15.0 Å². The molecule has 214 valence electrons. The number of aryl methyl sites for hydroxylation is 4. The average molecular weight is 577 g/mol. The van der Waals surface area contributed by atoms with Gasteiger partial charge in [-0.1, -0.05) is 47.5 Å². The van der Waals surface area contributed by atoms with Gasteiger partial charge in [0.15, 0.2) is 0 Å². The summed E-state index contributed by atoms with van der Waals surface area (Å²) >= 11 is 0. The van der Waals surface area contributed by atoms with Crippen LogP contribution in [-0.4, -0.2) is 33.0 Å². The molecule has 8 rings (SSSR count). The van der Waals surface area contributed by atoms with Gasteiger partial charge >= 0.3 is 6.98 Å². The Morgan fingerprint density at radius 3 is 2.36 bits per heavy atom. The van der Waals surface area contributed by atoms with Gasteiger partial charge in [0.1, 0.15) is 23.1 Å². The monoisotopic (exact) mass is 576 g/mol. The molecule has 7 aromatic rings. The van der Waals surface area contributed by atoms with E-state index in [1.807, 2.05) is 53.4 Å². The van der Waals surface area contributed by atoms with Crippen molar-refractivity contribution in [2.24, 2.45) is 0 Å². The zero-order valence-electron chi connectivity index (χ0n) is 28.0. The number of imidazole rings is 1. The van der Waals surface area contributed by atoms with Gasteiger partial charge in [-0.25, -0.2) is 9.97 Å². The fraction of sp³-hybridized carbons (Fsp3) is 0.135. The van der Waals surface area contributed by atoms with Gasteiger partial charge in [-0.15, -0.1) is 0 Å². The lowest BCUT2D eigenvalue weighted by Gasteiger charge is -2.36. The molecule has 0 unspecified atom stereocenters. The Kier molecular flexibility index (Phi) is 5.21. The number of benzene rings is 4. The van der Waals surface area contributed by atoms with Crippen LogP contribution in [0.15, 0.2) is 104 Å². The summed E-state index contributed by atoms with van der Waals surface area (Å²) in [7, 11) is 2.13. The predicted molar refractivity (Wildman–Crippen MR) is 181 cm³/mol. The van der Waals surface area contributed by atoms with Crippen LogP contribution in [0.25, 0.3) is 39.0 Å². The van der Waals surface area contributed by atoms with E-state index in [0.717, 1.165) is 38.9 Å². The van der Waals surface area contributed by atoms with E-state index >= 15 is 0 Å². The van der Waals surface area contributed by atoms with E-state index in [1.165, 1.54) is 16.6 Å². The number of pyridine rings is 1. The second-order valence-corrected chi connectivity index (χ2v) is 11.6. The number of fused-ring (bicyclic) bond motifs is 6. The minimum atomic E-state index is -2.25. The average Bonchev–Trinajstić information content (AvgIpc) is 3.65. The third-order valence-corrected chi connectivity index (χ3v) is 8.89. The molecule has 4 heterocycles. The molecule has 3 aromatic heterocycles. The summed E-state index contributed by atoms with van der Waals surface area (Å²) in [6.07, 6.45) is 5.54. The molecule has 0 aliphatic carbocycles. The molecule has 7 heteroatoms. The Labute approximate surface area is 261 Å². The quantitative estimate of drug-likeness (QED) is 0.201. The normalized spacial score (nSPS) is 13.9. The number of nitrogens with zero attached hydrogens (tertiary/aromatic N) is 5. The lowest BCUT2D eigenvalue weighted by molar-refractivity contribution is 0.483. The fourth-order valence-electron chi connectivity index (χ4n) is 6.70. The topological polar surface area (TPSA) is 48.1 Å². The Balaban J connectivity index is 1.21. The third-order valence-electron chi connectivity index (χ3n) is 8.89. The van der Waals surface area contributed by atoms with Crippen LogP contribution in [0.2, 0.25) is 0 Å². The zero-order chi connectivity index (χ0) is 32.6. The zero-order valence-corrected chi connectivity index (χ0v) is 25.0. The molecule has 0 saturated heterocycles. The highest BCUT2D eigenvalue weighted by Gasteiger charge is 2.37. The van der Waals surface area contributed by atoms with Gasteiger partial charge in [0.2, 0.25) is 0 Å². The largest absolute Gasteiger partial charge is 0.457 e. The lowest BCUT2D eigenvalue weighted by Crippen LogP contribution is -2.56. The van der Waals surface area contributed by atoms with Crippen LogP contribution in [0.5, 0.6) is 11.5 Å². The van der Waals surface area contributed by atoms with Crippen molar-refractivity contribution in [1.82, 2.24) is 19.0 Å². The minimum absolute atomic E-state index is 0.0153. The molecule has 1 aliphatic heterocycles. The maximum Gasteiger partial charge on any atom is 0.417 e. The first kappa shape index (κ1) is 23.2. The van der Waals surface area contributed by atoms with Crippen LogP contribution in [0.3, 0.4) is 0 Å². The molecule has 6 nitrogen and oxygen atoms in total. The van der Waals surface area contributed by atoms with Crippen molar-refractivity contribution < 1.29 is 8.85 Å². The summed E-state index contributed by atoms with van der Waals surface area (Å²) in [5.74, 6) is 2.79. The molecule has 0 spiro atoms. The Bertz CT molecular complexity index is 2340. The second-order valence-electron chi connectivity index (χ2n) is 11.6. The molecular formula is C37H32BN5O. The number of rotatable bonds is 4. The van der Waals surface area contributed by atoms with Crippen LogP contribution in [0.1, 0.15) is 26.4 Å². The number of hydrogen-bond donors (Lipinski definition) is 0. The Hall–Kier alpha value is -5.30. The van der Waals surface area contributed by atoms with E-state index in [4.69, 9.17) is 13.8 Å². The standard InChI is InChI=1S/C37H32BN5O/c1-23-9-8-10-24(2)36(23)38-41(5)32-16-14-27(20-31(32)37-39-17-18-42(37)38)44-28-13-15-30-29-11-6-7-12-33(29)43(34(30)21-28)35-19-25(3)26(4)22-40-35/h6-22H,1-5H3/i3D3. The molecular weight excluding hydrogens is 541 g/mol. The van der Waals surface area contributed by atoms with E-state index in [1.54, 1.807) is 19.2 Å². The van der Waals surface area contributed by atoms with Gasteiger partial charge in [-0.2, -0.15) is 0 Å². The summed E-state index contributed by atoms with van der Waals surface area (Å²) in [6, 6.07) is 28.4. The molecule has 0 bridgehead atoms. The van der Waals surface area contributed by atoms with Crippen LogP contribution >= 0.6 is 0 Å².